The van der Waals surface area contributed by atoms with Crippen molar-refractivity contribution in [3.8, 4) is 0 Å². The third-order valence-electron chi connectivity index (χ3n) is 6.57. The number of nitrogens with zero attached hydrogens (tertiary/aromatic N) is 1. The summed E-state index contributed by atoms with van der Waals surface area (Å²) in [6, 6.07) is 16.4. The van der Waals surface area contributed by atoms with Gasteiger partial charge in [0.1, 0.15) is 0 Å². The average molecular weight is 417 g/mol. The highest BCUT2D eigenvalue weighted by Gasteiger charge is 2.52. The van der Waals surface area contributed by atoms with Crippen LogP contribution in [0.15, 0.2) is 54.7 Å². The zero-order chi connectivity index (χ0) is 22.6. The highest BCUT2D eigenvalue weighted by atomic mass is 16.7. The molecule has 1 saturated heterocycles. The summed E-state index contributed by atoms with van der Waals surface area (Å²) >= 11 is 0. The van der Waals surface area contributed by atoms with Crippen molar-refractivity contribution in [1.82, 2.24) is 4.57 Å². The van der Waals surface area contributed by atoms with E-state index in [0.29, 0.717) is 6.54 Å². The van der Waals surface area contributed by atoms with E-state index < -0.39 is 23.7 Å². The molecule has 0 radical (unpaired) electrons. The molecule has 4 rings (SSSR count). The molecule has 0 bridgehead atoms. The molecule has 2 aromatic carbocycles. The molecule has 3 aromatic rings. The zero-order valence-electron chi connectivity index (χ0n) is 19.7. The Hall–Kier alpha value is -2.37. The largest absolute Gasteiger partial charge is 0.495 e. The fraction of sp³-hybridized carbons (Fsp3) is 0.423. The Morgan fingerprint density at radius 1 is 0.935 bits per heavy atom. The number of ketones is 1. The van der Waals surface area contributed by atoms with Crippen molar-refractivity contribution in [1.29, 1.82) is 0 Å². The highest BCUT2D eigenvalue weighted by molar-refractivity contribution is 6.65. The molecule has 5 heteroatoms. The Morgan fingerprint density at radius 2 is 1.55 bits per heavy atom. The molecule has 162 valence electrons. The smallest absolute Gasteiger partial charge is 0.399 e. The molecular weight excluding hydrogens is 385 g/mol. The van der Waals surface area contributed by atoms with Crippen LogP contribution in [0.3, 0.4) is 0 Å². The normalized spacial score (nSPS) is 18.0. The maximum absolute atomic E-state index is 13.5. The van der Waals surface area contributed by atoms with Crippen LogP contribution in [0, 0.1) is 5.41 Å². The number of carbonyl (C=O) groups is 1. The number of carbonyl (C=O) groups excluding carboxylic acids is 1. The highest BCUT2D eigenvalue weighted by Crippen LogP contribution is 2.38. The molecule has 0 unspecified atom stereocenters. The van der Waals surface area contributed by atoms with Gasteiger partial charge in [-0.1, -0.05) is 63.2 Å². The van der Waals surface area contributed by atoms with Crippen molar-refractivity contribution in [2.75, 3.05) is 0 Å². The number of fused-ring (bicyclic) bond motifs is 1. The van der Waals surface area contributed by atoms with Crippen LogP contribution >= 0.6 is 0 Å². The van der Waals surface area contributed by atoms with Crippen LogP contribution in [0.2, 0.25) is 0 Å². The number of rotatable bonds is 4. The van der Waals surface area contributed by atoms with E-state index in [4.69, 9.17) is 9.31 Å². The number of benzene rings is 2. The maximum Gasteiger partial charge on any atom is 0.495 e. The number of hydrogen-bond acceptors (Lipinski definition) is 3. The summed E-state index contributed by atoms with van der Waals surface area (Å²) < 4.78 is 14.9. The van der Waals surface area contributed by atoms with Gasteiger partial charge < -0.3 is 13.9 Å². The Morgan fingerprint density at radius 3 is 2.13 bits per heavy atom. The molecule has 0 amide bonds. The van der Waals surface area contributed by atoms with Gasteiger partial charge in [-0.3, -0.25) is 4.79 Å². The SMILES string of the molecule is CC(C)(C)C(=O)c1cn(Cc2ccccc2)c2cccc(B3OC(C)(C)C(C)(C)O3)c12. The second-order valence-corrected chi connectivity index (χ2v) is 10.6. The van der Waals surface area contributed by atoms with Gasteiger partial charge in [-0.05, 0) is 44.8 Å². The first kappa shape index (κ1) is 21.9. The molecule has 4 nitrogen and oxygen atoms in total. The molecular formula is C26H32BNO3. The molecule has 1 aromatic heterocycles. The predicted molar refractivity (Wildman–Crippen MR) is 127 cm³/mol. The third-order valence-corrected chi connectivity index (χ3v) is 6.57. The lowest BCUT2D eigenvalue weighted by molar-refractivity contribution is 0.00578. The minimum atomic E-state index is -0.521. The second-order valence-electron chi connectivity index (χ2n) is 10.6. The van der Waals surface area contributed by atoms with Crippen molar-refractivity contribution in [2.24, 2.45) is 5.41 Å². The molecule has 0 N–H and O–H groups in total. The lowest BCUT2D eigenvalue weighted by Crippen LogP contribution is -2.41. The number of hydrogen-bond donors (Lipinski definition) is 0. The first-order valence-corrected chi connectivity index (χ1v) is 11.0. The van der Waals surface area contributed by atoms with Crippen LogP contribution in [0.25, 0.3) is 10.9 Å². The van der Waals surface area contributed by atoms with Crippen molar-refractivity contribution in [3.63, 3.8) is 0 Å². The van der Waals surface area contributed by atoms with Gasteiger partial charge in [0.2, 0.25) is 0 Å². The molecule has 2 heterocycles. The first-order chi connectivity index (χ1) is 14.4. The first-order valence-electron chi connectivity index (χ1n) is 11.0. The quantitative estimate of drug-likeness (QED) is 0.432. The topological polar surface area (TPSA) is 40.5 Å². The Labute approximate surface area is 185 Å². The van der Waals surface area contributed by atoms with Gasteiger partial charge in [0, 0.05) is 34.6 Å². The van der Waals surface area contributed by atoms with Gasteiger partial charge in [0.25, 0.3) is 0 Å². The van der Waals surface area contributed by atoms with Crippen LogP contribution in [0.4, 0.5) is 0 Å². The summed E-state index contributed by atoms with van der Waals surface area (Å²) in [5.41, 5.74) is 2.47. The predicted octanol–water partition coefficient (Wildman–Crippen LogP) is 5.22. The van der Waals surface area contributed by atoms with Crippen molar-refractivity contribution in [3.05, 3.63) is 65.9 Å². The van der Waals surface area contributed by atoms with Crippen LogP contribution < -0.4 is 5.46 Å². The second kappa shape index (κ2) is 7.35. The molecule has 0 aliphatic carbocycles. The van der Waals surface area contributed by atoms with E-state index in [1.165, 1.54) is 5.56 Å². The summed E-state index contributed by atoms with van der Waals surface area (Å²) in [6.07, 6.45) is 2.00. The van der Waals surface area contributed by atoms with Gasteiger partial charge >= 0.3 is 7.12 Å². The fourth-order valence-electron chi connectivity index (χ4n) is 4.03. The van der Waals surface area contributed by atoms with E-state index in [2.05, 4.69) is 50.5 Å². The average Bonchev–Trinajstić information content (AvgIpc) is 3.15. The molecule has 1 aliphatic rings. The summed E-state index contributed by atoms with van der Waals surface area (Å²) in [5, 5.41) is 0.928. The minimum absolute atomic E-state index is 0.119. The van der Waals surface area contributed by atoms with E-state index >= 15 is 0 Å². The van der Waals surface area contributed by atoms with Crippen LogP contribution in [0.1, 0.15) is 64.4 Å². The molecule has 1 aliphatic heterocycles. The van der Waals surface area contributed by atoms with Crippen molar-refractivity contribution >= 4 is 29.3 Å². The van der Waals surface area contributed by atoms with Gasteiger partial charge in [0.05, 0.1) is 11.2 Å². The number of Topliss-reactive ketones (excluding diaryl/α,β-unsaturated/α-hetero) is 1. The lowest BCUT2D eigenvalue weighted by atomic mass is 9.75. The zero-order valence-corrected chi connectivity index (χ0v) is 19.7. The van der Waals surface area contributed by atoms with Gasteiger partial charge in [-0.15, -0.1) is 0 Å². The van der Waals surface area contributed by atoms with Crippen molar-refractivity contribution < 1.29 is 14.1 Å². The summed E-state index contributed by atoms with van der Waals surface area (Å²) in [6.45, 7) is 14.8. The van der Waals surface area contributed by atoms with Crippen LogP contribution in [0.5, 0.6) is 0 Å². The van der Waals surface area contributed by atoms with Crippen LogP contribution in [-0.2, 0) is 15.9 Å². The molecule has 0 spiro atoms. The monoisotopic (exact) mass is 417 g/mol. The molecule has 31 heavy (non-hydrogen) atoms. The summed E-state index contributed by atoms with van der Waals surface area (Å²) in [4.78, 5) is 13.5. The minimum Gasteiger partial charge on any atom is -0.399 e. The van der Waals surface area contributed by atoms with Crippen LogP contribution in [-0.4, -0.2) is 28.7 Å². The summed E-state index contributed by atoms with van der Waals surface area (Å²) in [7, 11) is -0.521. The van der Waals surface area contributed by atoms with E-state index in [0.717, 1.165) is 21.9 Å². The Kier molecular flexibility index (Phi) is 5.18. The fourth-order valence-corrected chi connectivity index (χ4v) is 4.03. The van der Waals surface area contributed by atoms with E-state index in [9.17, 15) is 4.79 Å². The van der Waals surface area contributed by atoms with Gasteiger partial charge in [0.15, 0.2) is 5.78 Å². The van der Waals surface area contributed by atoms with E-state index in [1.54, 1.807) is 0 Å². The Bertz CT molecular complexity index is 1110. The Balaban J connectivity index is 1.89. The van der Waals surface area contributed by atoms with Gasteiger partial charge in [-0.25, -0.2) is 0 Å². The molecule has 1 fully saturated rings. The standard InChI is InChI=1S/C26H32BNO3/c1-24(2,3)23(29)19-17-28(16-18-12-9-8-10-13-18)21-15-11-14-20(22(19)21)27-30-25(4,5)26(6,7)31-27/h8-15,17H,16H2,1-7H3. The maximum atomic E-state index is 13.5. The summed E-state index contributed by atoms with van der Waals surface area (Å²) in [5.74, 6) is 0.119. The van der Waals surface area contributed by atoms with Crippen molar-refractivity contribution in [2.45, 2.75) is 66.2 Å². The third kappa shape index (κ3) is 3.86. The van der Waals surface area contributed by atoms with E-state index in [1.807, 2.05) is 57.3 Å². The van der Waals surface area contributed by atoms with E-state index in [-0.39, 0.29) is 5.78 Å². The lowest BCUT2D eigenvalue weighted by Gasteiger charge is -2.32. The molecule has 0 saturated carbocycles. The molecule has 0 atom stereocenters. The van der Waals surface area contributed by atoms with Gasteiger partial charge in [-0.2, -0.15) is 0 Å². The number of aromatic nitrogens is 1.